The highest BCUT2D eigenvalue weighted by molar-refractivity contribution is 8.01. The van der Waals surface area contributed by atoms with E-state index in [4.69, 9.17) is 0 Å². The molecule has 0 N–H and O–H groups in total. The van der Waals surface area contributed by atoms with Crippen molar-refractivity contribution < 1.29 is 0 Å². The van der Waals surface area contributed by atoms with Gasteiger partial charge in [0.25, 0.3) is 0 Å². The normalized spacial score (nSPS) is 16.7. The zero-order valence-corrected chi connectivity index (χ0v) is 36.2. The van der Waals surface area contributed by atoms with Gasteiger partial charge >= 0.3 is 0 Å². The maximum absolute atomic E-state index is 2.81. The lowest BCUT2D eigenvalue weighted by molar-refractivity contribution is 0.631. The Hall–Kier alpha value is -5.72. The molecular weight excluding hydrogens is 769 g/mol. The fourth-order valence-electron chi connectivity index (χ4n) is 10.8. The summed E-state index contributed by atoms with van der Waals surface area (Å²) >= 11 is 3.91. The summed E-state index contributed by atoms with van der Waals surface area (Å²) in [5.41, 5.74) is 12.6. The molecule has 0 spiro atoms. The van der Waals surface area contributed by atoms with E-state index < -0.39 is 8.07 Å². The SMILES string of the molecule is CC1(C)c2ccccc2N(c2ccc3c(c2)Sc2cccc4c2[Si]3(c2ccccc2)c2ccc(N3c5ccccc5C(C)(C)c5ccccc53)cc2S4)c2ccccc21. The molecule has 59 heavy (non-hydrogen) atoms. The van der Waals surface area contributed by atoms with Crippen LogP contribution in [0.5, 0.6) is 0 Å². The third-order valence-electron chi connectivity index (χ3n) is 13.5. The van der Waals surface area contributed by atoms with Crippen LogP contribution in [0.2, 0.25) is 0 Å². The Kier molecular flexibility index (Phi) is 7.55. The molecular formula is C54H42N2S2Si. The van der Waals surface area contributed by atoms with Crippen LogP contribution in [0.25, 0.3) is 0 Å². The fourth-order valence-corrected chi connectivity index (χ4v) is 20.1. The van der Waals surface area contributed by atoms with Crippen LogP contribution in [-0.4, -0.2) is 8.07 Å². The third-order valence-corrected chi connectivity index (χ3v) is 21.5. The Balaban J connectivity index is 1.09. The van der Waals surface area contributed by atoms with E-state index in [0.717, 1.165) is 0 Å². The summed E-state index contributed by atoms with van der Waals surface area (Å²) in [6, 6.07) is 69.3. The predicted octanol–water partition coefficient (Wildman–Crippen LogP) is 12.2. The van der Waals surface area contributed by atoms with Crippen LogP contribution in [-0.2, 0) is 10.8 Å². The molecule has 0 saturated heterocycles. The minimum absolute atomic E-state index is 0.108. The van der Waals surface area contributed by atoms with E-state index in [-0.39, 0.29) is 10.8 Å². The summed E-state index contributed by atoms with van der Waals surface area (Å²) in [5.74, 6) is 0. The summed E-state index contributed by atoms with van der Waals surface area (Å²) in [7, 11) is -2.81. The number of rotatable bonds is 3. The molecule has 0 saturated carbocycles. The van der Waals surface area contributed by atoms with Gasteiger partial charge in [-0.2, -0.15) is 0 Å². The monoisotopic (exact) mass is 810 g/mol. The van der Waals surface area contributed by atoms with Gasteiger partial charge in [-0.3, -0.25) is 0 Å². The van der Waals surface area contributed by atoms with E-state index in [2.05, 4.69) is 219 Å². The molecule has 0 aliphatic carbocycles. The van der Waals surface area contributed by atoms with Crippen LogP contribution in [0.1, 0.15) is 49.9 Å². The van der Waals surface area contributed by atoms with Crippen molar-refractivity contribution in [1.82, 2.24) is 0 Å². The van der Waals surface area contributed by atoms with Crippen LogP contribution in [0.4, 0.5) is 34.1 Å². The maximum Gasteiger partial charge on any atom is 0.184 e. The summed E-state index contributed by atoms with van der Waals surface area (Å²) in [6.45, 7) is 9.45. The first-order valence-electron chi connectivity index (χ1n) is 20.6. The smallest absolute Gasteiger partial charge is 0.184 e. The molecule has 8 aromatic carbocycles. The molecule has 0 unspecified atom stereocenters. The lowest BCUT2D eigenvalue weighted by atomic mass is 9.73. The van der Waals surface area contributed by atoms with Gasteiger partial charge in [0.15, 0.2) is 8.07 Å². The van der Waals surface area contributed by atoms with Crippen LogP contribution in [0, 0.1) is 0 Å². The molecule has 4 heterocycles. The first kappa shape index (κ1) is 35.2. The number of anilines is 6. The largest absolute Gasteiger partial charge is 0.310 e. The molecule has 4 aliphatic rings. The van der Waals surface area contributed by atoms with Gasteiger partial charge in [0.2, 0.25) is 0 Å². The minimum Gasteiger partial charge on any atom is -0.310 e. The molecule has 284 valence electrons. The van der Waals surface area contributed by atoms with Crippen molar-refractivity contribution in [2.75, 3.05) is 9.80 Å². The number of hydrogen-bond acceptors (Lipinski definition) is 4. The van der Waals surface area contributed by atoms with Crippen LogP contribution >= 0.6 is 23.5 Å². The van der Waals surface area contributed by atoms with Gasteiger partial charge in [-0.1, -0.05) is 173 Å². The summed E-state index contributed by atoms with van der Waals surface area (Å²) in [5, 5.41) is 5.91. The second-order valence-corrected chi connectivity index (χ2v) is 23.1. The van der Waals surface area contributed by atoms with E-state index in [1.54, 1.807) is 0 Å². The van der Waals surface area contributed by atoms with Gasteiger partial charge in [0.05, 0.1) is 22.7 Å². The number of para-hydroxylation sites is 4. The number of hydrogen-bond donors (Lipinski definition) is 0. The Morgan fingerprint density at radius 3 is 1.15 bits per heavy atom. The number of fused-ring (bicyclic) bond motifs is 8. The Bertz CT molecular complexity index is 2760. The number of benzene rings is 8. The predicted molar refractivity (Wildman–Crippen MR) is 252 cm³/mol. The average Bonchev–Trinajstić information content (AvgIpc) is 3.27. The number of nitrogens with zero attached hydrogens (tertiary/aromatic N) is 2. The summed E-state index contributed by atoms with van der Waals surface area (Å²) < 4.78 is 0. The zero-order valence-electron chi connectivity index (χ0n) is 33.5. The summed E-state index contributed by atoms with van der Waals surface area (Å²) in [6.07, 6.45) is 0. The van der Waals surface area contributed by atoms with Gasteiger partial charge in [-0.15, -0.1) is 0 Å². The standard InChI is InChI=1S/C54H42N2S2Si/c1-53(2)38-19-8-12-23-42(38)55(43-24-13-9-20-39(43)53)35-29-31-50-48(33-35)57-46-27-16-28-47-52(46)59(50,37-17-6-5-7-18-37)51-32-30-36(34-49(51)58-47)56-44-25-14-10-21-40(44)54(3,4)41-22-11-15-26-45(41)56/h5-34H,1-4H3. The highest BCUT2D eigenvalue weighted by Crippen LogP contribution is 2.54. The first-order valence-corrected chi connectivity index (χ1v) is 24.2. The van der Waals surface area contributed by atoms with Crippen LogP contribution in [0.3, 0.4) is 0 Å². The van der Waals surface area contributed by atoms with Crippen molar-refractivity contribution in [2.45, 2.75) is 58.1 Å². The highest BCUT2D eigenvalue weighted by atomic mass is 32.2. The lowest BCUT2D eigenvalue weighted by Gasteiger charge is -2.46. The van der Waals surface area contributed by atoms with E-state index in [0.29, 0.717) is 0 Å². The maximum atomic E-state index is 2.51. The second kappa shape index (κ2) is 12.6. The minimum atomic E-state index is -2.81. The quantitative estimate of drug-likeness (QED) is 0.164. The Morgan fingerprint density at radius 2 is 0.746 bits per heavy atom. The Labute approximate surface area is 356 Å². The molecule has 0 bridgehead atoms. The van der Waals surface area contributed by atoms with Crippen molar-refractivity contribution in [1.29, 1.82) is 0 Å². The van der Waals surface area contributed by atoms with Gasteiger partial charge in [-0.05, 0) is 104 Å². The van der Waals surface area contributed by atoms with Gasteiger partial charge in [0, 0.05) is 41.8 Å². The van der Waals surface area contributed by atoms with Crippen molar-refractivity contribution in [2.24, 2.45) is 0 Å². The summed E-state index contributed by atoms with van der Waals surface area (Å²) in [4.78, 5) is 10.5. The van der Waals surface area contributed by atoms with Crippen molar-refractivity contribution in [3.8, 4) is 0 Å². The van der Waals surface area contributed by atoms with E-state index >= 15 is 0 Å². The third kappa shape index (κ3) is 4.78. The first-order chi connectivity index (χ1) is 28.8. The van der Waals surface area contributed by atoms with Crippen LogP contribution in [0.15, 0.2) is 202 Å². The van der Waals surface area contributed by atoms with E-state index in [1.807, 2.05) is 23.5 Å². The zero-order chi connectivity index (χ0) is 39.7. The van der Waals surface area contributed by atoms with Crippen molar-refractivity contribution >= 4 is 86.5 Å². The van der Waals surface area contributed by atoms with Gasteiger partial charge < -0.3 is 9.80 Å². The molecule has 12 rings (SSSR count). The molecule has 8 aromatic rings. The molecule has 0 aromatic heterocycles. The Morgan fingerprint density at radius 1 is 0.373 bits per heavy atom. The van der Waals surface area contributed by atoms with E-state index in [1.165, 1.54) is 96.7 Å². The van der Waals surface area contributed by atoms with Crippen molar-refractivity contribution in [3.63, 3.8) is 0 Å². The van der Waals surface area contributed by atoms with Gasteiger partial charge in [-0.25, -0.2) is 0 Å². The molecule has 4 aliphatic heterocycles. The van der Waals surface area contributed by atoms with E-state index in [9.17, 15) is 0 Å². The average molecular weight is 811 g/mol. The van der Waals surface area contributed by atoms with Crippen molar-refractivity contribution in [3.05, 3.63) is 204 Å². The molecule has 5 heteroatoms. The molecule has 0 fully saturated rings. The van der Waals surface area contributed by atoms with Crippen LogP contribution < -0.4 is 30.5 Å². The van der Waals surface area contributed by atoms with Gasteiger partial charge in [0.1, 0.15) is 0 Å². The highest BCUT2D eigenvalue weighted by Gasteiger charge is 2.52. The fraction of sp³-hybridized carbons (Fsp3) is 0.111. The lowest BCUT2D eigenvalue weighted by Crippen LogP contribution is -2.78. The molecule has 0 amide bonds. The molecule has 0 atom stereocenters. The second-order valence-electron chi connectivity index (χ2n) is 17.3. The topological polar surface area (TPSA) is 6.48 Å². The molecule has 0 radical (unpaired) electrons. The molecule has 2 nitrogen and oxygen atoms in total.